The van der Waals surface area contributed by atoms with Crippen LogP contribution in [0, 0.1) is 0 Å². The number of thiophene rings is 1. The van der Waals surface area contributed by atoms with Crippen molar-refractivity contribution in [3.63, 3.8) is 0 Å². The third-order valence-electron chi connectivity index (χ3n) is 10.9. The highest BCUT2D eigenvalue weighted by Crippen LogP contribution is 2.45. The Balaban J connectivity index is 1.04. The molecular weight excluding hydrogens is 691 g/mol. The van der Waals surface area contributed by atoms with Gasteiger partial charge < -0.3 is 4.40 Å². The number of nitrogens with zero attached hydrogens (tertiary/aromatic N) is 5. The van der Waals surface area contributed by atoms with Gasteiger partial charge in [-0.3, -0.25) is 4.57 Å². The molecule has 0 radical (unpaired) electrons. The first-order chi connectivity index (χ1) is 27.3. The fourth-order valence-corrected chi connectivity index (χ4v) is 9.61. The number of benzene rings is 7. The normalized spacial score (nSPS) is 12.0. The second-order valence-corrected chi connectivity index (χ2v) is 15.1. The minimum absolute atomic E-state index is 0.592. The van der Waals surface area contributed by atoms with Crippen molar-refractivity contribution in [3.8, 4) is 50.3 Å². The number of para-hydroxylation sites is 2. The molecule has 0 fully saturated rings. The molecule has 0 aliphatic rings. The van der Waals surface area contributed by atoms with Crippen LogP contribution in [0.15, 0.2) is 176 Å². The third kappa shape index (κ3) is 4.55. The van der Waals surface area contributed by atoms with Crippen LogP contribution < -0.4 is 0 Å². The Morgan fingerprint density at radius 2 is 0.909 bits per heavy atom. The third-order valence-corrected chi connectivity index (χ3v) is 12.1. The second-order valence-electron chi connectivity index (χ2n) is 14.1. The average molecular weight is 720 g/mol. The van der Waals surface area contributed by atoms with E-state index in [1.807, 2.05) is 72.0 Å². The van der Waals surface area contributed by atoms with Gasteiger partial charge in [0.05, 0.1) is 32.3 Å². The molecule has 0 atom stereocenters. The highest BCUT2D eigenvalue weighted by Gasteiger charge is 2.22. The van der Waals surface area contributed by atoms with Crippen LogP contribution in [-0.2, 0) is 0 Å². The number of hydrogen-bond acceptors (Lipinski definition) is 4. The van der Waals surface area contributed by atoms with Crippen molar-refractivity contribution < 1.29 is 0 Å². The molecule has 12 aromatic rings. The molecule has 7 aromatic carbocycles. The molecule has 5 aromatic heterocycles. The predicted molar refractivity (Wildman–Crippen MR) is 228 cm³/mol. The zero-order chi connectivity index (χ0) is 36.0. The summed E-state index contributed by atoms with van der Waals surface area (Å²) in [4.78, 5) is 16.5. The summed E-state index contributed by atoms with van der Waals surface area (Å²) in [6.07, 6.45) is 0. The standard InChI is InChI=1S/C49H29N5S/c1-4-13-30(14-5-1)44-29-43-46(55-44)37-21-12-20-36-39-28-34(23-25-41(39)53(43)45(36)37)33-24-26-42-38(27-33)35-19-10-11-22-40(35)54(42)49-51-47(31-15-6-2-7-16-31)50-48(52-49)32-17-8-3-9-18-32/h1-29H. The Morgan fingerprint density at radius 3 is 1.60 bits per heavy atom. The smallest absolute Gasteiger partial charge is 0.238 e. The van der Waals surface area contributed by atoms with Crippen molar-refractivity contribution in [1.82, 2.24) is 23.9 Å². The predicted octanol–water partition coefficient (Wildman–Crippen LogP) is 12.8. The van der Waals surface area contributed by atoms with E-state index in [0.717, 1.165) is 32.9 Å². The Kier molecular flexibility index (Phi) is 6.44. The zero-order valence-corrected chi connectivity index (χ0v) is 30.2. The van der Waals surface area contributed by atoms with Gasteiger partial charge in [0.15, 0.2) is 11.6 Å². The lowest BCUT2D eigenvalue weighted by molar-refractivity contribution is 0.953. The monoisotopic (exact) mass is 719 g/mol. The van der Waals surface area contributed by atoms with E-state index in [9.17, 15) is 0 Å². The van der Waals surface area contributed by atoms with Gasteiger partial charge >= 0.3 is 0 Å². The molecule has 5 heterocycles. The van der Waals surface area contributed by atoms with E-state index in [0.29, 0.717) is 17.6 Å². The van der Waals surface area contributed by atoms with Gasteiger partial charge in [0.25, 0.3) is 0 Å². The van der Waals surface area contributed by atoms with Gasteiger partial charge in [-0.1, -0.05) is 140 Å². The SMILES string of the molecule is c1ccc(-c2nc(-c3ccccc3)nc(-n3c4ccccc4c4cc(-c5ccc6c(c5)c5cccc7c8sc(-c9ccccc9)cc8n6c57)ccc43)n2)cc1. The van der Waals surface area contributed by atoms with Crippen LogP contribution in [0.25, 0.3) is 110 Å². The maximum Gasteiger partial charge on any atom is 0.238 e. The van der Waals surface area contributed by atoms with Crippen molar-refractivity contribution in [3.05, 3.63) is 176 Å². The first-order valence-electron chi connectivity index (χ1n) is 18.4. The van der Waals surface area contributed by atoms with Crippen molar-refractivity contribution in [2.24, 2.45) is 0 Å². The minimum atomic E-state index is 0.592. The van der Waals surface area contributed by atoms with Gasteiger partial charge in [-0.2, -0.15) is 9.97 Å². The topological polar surface area (TPSA) is 48.0 Å². The number of hydrogen-bond donors (Lipinski definition) is 0. The molecule has 0 spiro atoms. The maximum absolute atomic E-state index is 5.10. The van der Waals surface area contributed by atoms with Crippen molar-refractivity contribution in [2.45, 2.75) is 0 Å². The first kappa shape index (κ1) is 30.3. The minimum Gasteiger partial charge on any atom is -0.307 e. The lowest BCUT2D eigenvalue weighted by Gasteiger charge is -2.11. The number of fused-ring (bicyclic) bond motifs is 9. The van der Waals surface area contributed by atoms with Gasteiger partial charge in [0.2, 0.25) is 5.95 Å². The molecule has 0 unspecified atom stereocenters. The Bertz CT molecular complexity index is 3360. The molecule has 0 saturated carbocycles. The molecule has 55 heavy (non-hydrogen) atoms. The Morgan fingerprint density at radius 1 is 0.364 bits per heavy atom. The van der Waals surface area contributed by atoms with Gasteiger partial charge in [0.1, 0.15) is 0 Å². The average Bonchev–Trinajstić information content (AvgIpc) is 4.01. The first-order valence-corrected chi connectivity index (χ1v) is 19.3. The van der Waals surface area contributed by atoms with Gasteiger partial charge in [-0.15, -0.1) is 11.3 Å². The lowest BCUT2D eigenvalue weighted by Crippen LogP contribution is -2.06. The van der Waals surface area contributed by atoms with Crippen LogP contribution in [0.1, 0.15) is 0 Å². The van der Waals surface area contributed by atoms with E-state index in [1.54, 1.807) is 0 Å². The van der Waals surface area contributed by atoms with Crippen molar-refractivity contribution in [2.75, 3.05) is 0 Å². The zero-order valence-electron chi connectivity index (χ0n) is 29.4. The van der Waals surface area contributed by atoms with Crippen LogP contribution in [-0.4, -0.2) is 23.9 Å². The largest absolute Gasteiger partial charge is 0.307 e. The van der Waals surface area contributed by atoms with E-state index < -0.39 is 0 Å². The van der Waals surface area contributed by atoms with Gasteiger partial charge in [-0.25, -0.2) is 4.98 Å². The molecule has 256 valence electrons. The van der Waals surface area contributed by atoms with Crippen LogP contribution >= 0.6 is 11.3 Å². The summed E-state index contributed by atoms with van der Waals surface area (Å²) in [5, 5.41) is 6.17. The number of rotatable bonds is 5. The van der Waals surface area contributed by atoms with E-state index >= 15 is 0 Å². The molecule has 0 amide bonds. The molecular formula is C49H29N5S. The highest BCUT2D eigenvalue weighted by molar-refractivity contribution is 7.23. The Hall–Kier alpha value is -7.15. The molecule has 0 aliphatic heterocycles. The van der Waals surface area contributed by atoms with E-state index in [-0.39, 0.29) is 0 Å². The van der Waals surface area contributed by atoms with Crippen molar-refractivity contribution in [1.29, 1.82) is 0 Å². The van der Waals surface area contributed by atoms with Crippen LogP contribution in [0.5, 0.6) is 0 Å². The van der Waals surface area contributed by atoms with Crippen LogP contribution in [0.3, 0.4) is 0 Å². The van der Waals surface area contributed by atoms with Gasteiger partial charge in [0, 0.05) is 42.9 Å². The molecule has 0 aliphatic carbocycles. The summed E-state index contributed by atoms with van der Waals surface area (Å²) in [6.45, 7) is 0. The highest BCUT2D eigenvalue weighted by atomic mass is 32.1. The molecule has 5 nitrogen and oxygen atoms in total. The Labute approximate surface area is 319 Å². The van der Waals surface area contributed by atoms with E-state index in [1.165, 1.54) is 59.0 Å². The van der Waals surface area contributed by atoms with Gasteiger partial charge in [-0.05, 0) is 53.1 Å². The number of aromatic nitrogens is 5. The van der Waals surface area contributed by atoms with E-state index in [2.05, 4.69) is 124 Å². The summed E-state index contributed by atoms with van der Waals surface area (Å²) >= 11 is 1.88. The second kappa shape index (κ2) is 11.7. The molecule has 0 saturated heterocycles. The maximum atomic E-state index is 5.10. The van der Waals surface area contributed by atoms with Crippen LogP contribution in [0.2, 0.25) is 0 Å². The fraction of sp³-hybridized carbons (Fsp3) is 0. The van der Waals surface area contributed by atoms with Crippen LogP contribution in [0.4, 0.5) is 0 Å². The summed E-state index contributed by atoms with van der Waals surface area (Å²) in [6, 6.07) is 62.4. The summed E-state index contributed by atoms with van der Waals surface area (Å²) in [7, 11) is 0. The molecule has 0 N–H and O–H groups in total. The van der Waals surface area contributed by atoms with E-state index in [4.69, 9.17) is 15.0 Å². The molecule has 12 rings (SSSR count). The van der Waals surface area contributed by atoms with Crippen molar-refractivity contribution >= 4 is 70.6 Å². The quantitative estimate of drug-likeness (QED) is 0.178. The summed E-state index contributed by atoms with van der Waals surface area (Å²) in [5.74, 6) is 1.87. The fourth-order valence-electron chi connectivity index (χ4n) is 8.43. The molecule has 6 heteroatoms. The lowest BCUT2D eigenvalue weighted by atomic mass is 10.0. The summed E-state index contributed by atoms with van der Waals surface area (Å²) in [5.41, 5.74) is 11.4. The molecule has 0 bridgehead atoms. The summed E-state index contributed by atoms with van der Waals surface area (Å²) < 4.78 is 6.00.